The van der Waals surface area contributed by atoms with Crippen molar-refractivity contribution in [1.82, 2.24) is 9.47 Å². The van der Waals surface area contributed by atoms with E-state index in [1.807, 2.05) is 53.6 Å². The first-order valence-electron chi connectivity index (χ1n) is 12.7. The van der Waals surface area contributed by atoms with Crippen molar-refractivity contribution in [2.75, 3.05) is 20.3 Å². The van der Waals surface area contributed by atoms with Gasteiger partial charge in [0.1, 0.15) is 11.9 Å². The Morgan fingerprint density at radius 3 is 2.64 bits per heavy atom. The van der Waals surface area contributed by atoms with Crippen LogP contribution < -0.4 is 0 Å². The number of benzene rings is 2. The summed E-state index contributed by atoms with van der Waals surface area (Å²) in [5.41, 5.74) is 3.75. The molecule has 192 valence electrons. The van der Waals surface area contributed by atoms with Crippen LogP contribution >= 0.6 is 0 Å². The monoisotopic (exact) mass is 494 g/mol. The van der Waals surface area contributed by atoms with Crippen LogP contribution in [0.3, 0.4) is 0 Å². The van der Waals surface area contributed by atoms with E-state index in [0.717, 1.165) is 34.1 Å². The number of carboxylic acids is 1. The van der Waals surface area contributed by atoms with Gasteiger partial charge >= 0.3 is 5.97 Å². The Hall–Kier alpha value is -3.19. The van der Waals surface area contributed by atoms with Gasteiger partial charge in [0.05, 0.1) is 6.61 Å². The zero-order valence-corrected chi connectivity index (χ0v) is 21.2. The Balaban J connectivity index is 1.67. The SMILES string of the molecule is CCC(C(=O)O)n1c2c(c3cc(F)ccc31)C[C@@H](N(CCOC)C(=O)[C@@H](C)Cc1ccccc1)CC2. The lowest BCUT2D eigenvalue weighted by atomic mass is 9.89. The molecular formula is C29H35FN2O4. The number of aliphatic carboxylic acids is 1. The average Bonchev–Trinajstić information content (AvgIpc) is 3.18. The molecule has 0 saturated carbocycles. The number of hydrogen-bond acceptors (Lipinski definition) is 3. The number of amides is 1. The molecule has 0 bridgehead atoms. The number of ether oxygens (including phenoxy) is 1. The second-order valence-corrected chi connectivity index (χ2v) is 9.73. The molecule has 1 N–H and O–H groups in total. The highest BCUT2D eigenvalue weighted by Gasteiger charge is 2.35. The number of nitrogens with zero attached hydrogens (tertiary/aromatic N) is 2. The molecule has 0 spiro atoms. The van der Waals surface area contributed by atoms with Gasteiger partial charge in [-0.05, 0) is 61.4 Å². The van der Waals surface area contributed by atoms with Gasteiger partial charge in [0.2, 0.25) is 5.91 Å². The highest BCUT2D eigenvalue weighted by molar-refractivity contribution is 5.88. The van der Waals surface area contributed by atoms with E-state index in [2.05, 4.69) is 0 Å². The zero-order chi connectivity index (χ0) is 25.8. The van der Waals surface area contributed by atoms with Crippen LogP contribution in [-0.4, -0.2) is 52.8 Å². The van der Waals surface area contributed by atoms with E-state index in [9.17, 15) is 19.1 Å². The quantitative estimate of drug-likeness (QED) is 0.429. The second-order valence-electron chi connectivity index (χ2n) is 9.73. The minimum Gasteiger partial charge on any atom is -0.480 e. The minimum atomic E-state index is -0.893. The molecule has 1 aromatic heterocycles. The lowest BCUT2D eigenvalue weighted by molar-refractivity contribution is -0.141. The molecule has 1 unspecified atom stereocenters. The summed E-state index contributed by atoms with van der Waals surface area (Å²) in [4.78, 5) is 27.7. The maximum Gasteiger partial charge on any atom is 0.326 e. The van der Waals surface area contributed by atoms with Crippen molar-refractivity contribution in [2.45, 2.75) is 58.0 Å². The third-order valence-corrected chi connectivity index (χ3v) is 7.39. The molecule has 1 aliphatic carbocycles. The number of fused-ring (bicyclic) bond motifs is 3. The van der Waals surface area contributed by atoms with Crippen molar-refractivity contribution >= 4 is 22.8 Å². The summed E-state index contributed by atoms with van der Waals surface area (Å²) in [7, 11) is 1.63. The highest BCUT2D eigenvalue weighted by Crippen LogP contribution is 2.37. The number of hydrogen-bond donors (Lipinski definition) is 1. The second kappa shape index (κ2) is 11.2. The Labute approximate surface area is 211 Å². The molecule has 7 heteroatoms. The Morgan fingerprint density at radius 1 is 1.22 bits per heavy atom. The Kier molecular flexibility index (Phi) is 8.09. The summed E-state index contributed by atoms with van der Waals surface area (Å²) in [5, 5.41) is 10.6. The van der Waals surface area contributed by atoms with Crippen LogP contribution in [0, 0.1) is 11.7 Å². The number of halogens is 1. The number of carbonyl (C=O) groups excluding carboxylic acids is 1. The molecule has 36 heavy (non-hydrogen) atoms. The van der Waals surface area contributed by atoms with Gasteiger partial charge in [-0.1, -0.05) is 44.2 Å². The first kappa shape index (κ1) is 25.9. The number of rotatable bonds is 10. The molecule has 0 radical (unpaired) electrons. The molecule has 1 heterocycles. The van der Waals surface area contributed by atoms with Gasteiger partial charge in [-0.2, -0.15) is 0 Å². The predicted octanol–water partition coefficient (Wildman–Crippen LogP) is 5.03. The van der Waals surface area contributed by atoms with E-state index in [1.54, 1.807) is 13.2 Å². The lowest BCUT2D eigenvalue weighted by Gasteiger charge is -2.36. The predicted molar refractivity (Wildman–Crippen MR) is 138 cm³/mol. The van der Waals surface area contributed by atoms with Crippen molar-refractivity contribution in [3.8, 4) is 0 Å². The van der Waals surface area contributed by atoms with Gasteiger partial charge in [-0.15, -0.1) is 0 Å². The van der Waals surface area contributed by atoms with Crippen LogP contribution in [0.1, 0.15) is 49.6 Å². The van der Waals surface area contributed by atoms with Crippen LogP contribution in [0.15, 0.2) is 48.5 Å². The summed E-state index contributed by atoms with van der Waals surface area (Å²) in [6, 6.07) is 13.8. The number of aromatic nitrogens is 1. The van der Waals surface area contributed by atoms with Crippen LogP contribution in [0.25, 0.3) is 10.9 Å². The Bertz CT molecular complexity index is 1220. The molecule has 3 aromatic rings. The molecule has 4 rings (SSSR count). The molecule has 1 amide bonds. The largest absolute Gasteiger partial charge is 0.480 e. The first-order valence-corrected chi connectivity index (χ1v) is 12.7. The van der Waals surface area contributed by atoms with E-state index < -0.39 is 12.0 Å². The molecular weight excluding hydrogens is 459 g/mol. The van der Waals surface area contributed by atoms with E-state index in [4.69, 9.17) is 4.74 Å². The van der Waals surface area contributed by atoms with Gasteiger partial charge < -0.3 is 19.3 Å². The lowest BCUT2D eigenvalue weighted by Crippen LogP contribution is -2.47. The normalized spacial score (nSPS) is 16.9. The van der Waals surface area contributed by atoms with E-state index in [1.165, 1.54) is 12.1 Å². The topological polar surface area (TPSA) is 71.8 Å². The molecule has 2 aromatic carbocycles. The Morgan fingerprint density at radius 2 is 1.97 bits per heavy atom. The maximum atomic E-state index is 14.3. The molecule has 0 aliphatic heterocycles. The van der Waals surface area contributed by atoms with Crippen molar-refractivity contribution in [1.29, 1.82) is 0 Å². The van der Waals surface area contributed by atoms with E-state index in [-0.39, 0.29) is 23.7 Å². The molecule has 6 nitrogen and oxygen atoms in total. The third kappa shape index (κ3) is 5.16. The summed E-state index contributed by atoms with van der Waals surface area (Å²) < 4.78 is 21.5. The summed E-state index contributed by atoms with van der Waals surface area (Å²) >= 11 is 0. The minimum absolute atomic E-state index is 0.0643. The van der Waals surface area contributed by atoms with Gasteiger partial charge in [0, 0.05) is 42.2 Å². The van der Waals surface area contributed by atoms with Crippen molar-refractivity contribution in [3.63, 3.8) is 0 Å². The third-order valence-electron chi connectivity index (χ3n) is 7.39. The fourth-order valence-corrected chi connectivity index (χ4v) is 5.64. The maximum absolute atomic E-state index is 14.3. The van der Waals surface area contributed by atoms with Crippen molar-refractivity contribution in [3.05, 3.63) is 71.2 Å². The molecule has 0 saturated heterocycles. The zero-order valence-electron chi connectivity index (χ0n) is 21.2. The summed E-state index contributed by atoms with van der Waals surface area (Å²) in [6.45, 7) is 4.73. The smallest absolute Gasteiger partial charge is 0.326 e. The van der Waals surface area contributed by atoms with Crippen LogP contribution in [-0.2, 0) is 33.6 Å². The van der Waals surface area contributed by atoms with Crippen molar-refractivity contribution in [2.24, 2.45) is 5.92 Å². The number of carboxylic acid groups (broad SMARTS) is 1. The highest BCUT2D eigenvalue weighted by atomic mass is 19.1. The van der Waals surface area contributed by atoms with Crippen LogP contribution in [0.4, 0.5) is 4.39 Å². The summed E-state index contributed by atoms with van der Waals surface area (Å²) in [6.07, 6.45) is 3.00. The fourth-order valence-electron chi connectivity index (χ4n) is 5.64. The fraction of sp³-hybridized carbons (Fsp3) is 0.448. The first-order chi connectivity index (χ1) is 17.3. The van der Waals surface area contributed by atoms with E-state index in [0.29, 0.717) is 38.8 Å². The van der Waals surface area contributed by atoms with Gasteiger partial charge in [0.15, 0.2) is 0 Å². The van der Waals surface area contributed by atoms with Crippen LogP contribution in [0.2, 0.25) is 0 Å². The summed E-state index contributed by atoms with van der Waals surface area (Å²) in [5.74, 6) is -1.36. The van der Waals surface area contributed by atoms with Crippen LogP contribution in [0.5, 0.6) is 0 Å². The molecule has 0 fully saturated rings. The van der Waals surface area contributed by atoms with Crippen molar-refractivity contribution < 1.29 is 23.8 Å². The number of methoxy groups -OCH3 is 1. The van der Waals surface area contributed by atoms with E-state index >= 15 is 0 Å². The standard InChI is InChI=1S/C29H35FN2O4/c1-4-25(29(34)35)32-26-12-10-21(30)17-23(26)24-18-22(11-13-27(24)32)31(14-15-36-3)28(33)19(2)16-20-8-6-5-7-9-20/h5-10,12,17,19,22,25H,4,11,13-16,18H2,1-3H3,(H,34,35)/t19-,22-,25?/m0/s1. The average molecular weight is 495 g/mol. The molecule has 1 aliphatic rings. The van der Waals surface area contributed by atoms with Gasteiger partial charge in [-0.25, -0.2) is 9.18 Å². The van der Waals surface area contributed by atoms with Gasteiger partial charge in [-0.3, -0.25) is 4.79 Å². The van der Waals surface area contributed by atoms with Gasteiger partial charge in [0.25, 0.3) is 0 Å². The molecule has 3 atom stereocenters. The number of carbonyl (C=O) groups is 2.